The molecule has 2 atom stereocenters. The number of carbonyl (C=O) groups is 1. The van der Waals surface area contributed by atoms with E-state index in [1.807, 2.05) is 18.2 Å². The van der Waals surface area contributed by atoms with Gasteiger partial charge >= 0.3 is 5.97 Å². The van der Waals surface area contributed by atoms with Gasteiger partial charge in [-0.2, -0.15) is 0 Å². The summed E-state index contributed by atoms with van der Waals surface area (Å²) in [4.78, 5) is 10.7. The molecule has 1 heterocycles. The number of hydrogen-bond acceptors (Lipinski definition) is 3. The second-order valence-electron chi connectivity index (χ2n) is 7.99. The SMILES string of the molecule is CC(C)n1c(CC[C@H](O)C[C@H](O)CC(=O)O)c(-c2ccc(F)cc2)c2ccccc21. The minimum atomic E-state index is -1.09. The Balaban J connectivity index is 1.98. The summed E-state index contributed by atoms with van der Waals surface area (Å²) >= 11 is 0. The summed E-state index contributed by atoms with van der Waals surface area (Å²) in [6.07, 6.45) is -1.34. The molecule has 0 aliphatic carbocycles. The van der Waals surface area contributed by atoms with Crippen LogP contribution in [-0.4, -0.2) is 38.1 Å². The van der Waals surface area contributed by atoms with Crippen molar-refractivity contribution in [1.82, 2.24) is 4.57 Å². The van der Waals surface area contributed by atoms with Crippen LogP contribution < -0.4 is 0 Å². The van der Waals surface area contributed by atoms with Crippen molar-refractivity contribution in [2.45, 2.75) is 57.8 Å². The van der Waals surface area contributed by atoms with Crippen LogP contribution in [0.3, 0.4) is 0 Å². The first-order valence-electron chi connectivity index (χ1n) is 10.2. The molecule has 0 aliphatic heterocycles. The zero-order valence-corrected chi connectivity index (χ0v) is 17.3. The molecule has 0 fully saturated rings. The number of fused-ring (bicyclic) bond motifs is 1. The number of aromatic nitrogens is 1. The van der Waals surface area contributed by atoms with E-state index < -0.39 is 18.2 Å². The van der Waals surface area contributed by atoms with Gasteiger partial charge in [0.25, 0.3) is 0 Å². The lowest BCUT2D eigenvalue weighted by Crippen LogP contribution is -2.21. The Morgan fingerprint density at radius 2 is 1.70 bits per heavy atom. The van der Waals surface area contributed by atoms with Gasteiger partial charge in [-0.1, -0.05) is 30.3 Å². The zero-order valence-electron chi connectivity index (χ0n) is 17.3. The van der Waals surface area contributed by atoms with E-state index in [1.165, 1.54) is 12.1 Å². The van der Waals surface area contributed by atoms with Crippen molar-refractivity contribution in [2.24, 2.45) is 0 Å². The fourth-order valence-electron chi connectivity index (χ4n) is 4.11. The molecule has 0 aliphatic rings. The molecule has 160 valence electrons. The Bertz CT molecular complexity index is 1010. The molecule has 0 spiro atoms. The van der Waals surface area contributed by atoms with Crippen molar-refractivity contribution in [3.63, 3.8) is 0 Å². The number of hydrogen-bond donors (Lipinski definition) is 3. The number of para-hydroxylation sites is 1. The van der Waals surface area contributed by atoms with Gasteiger partial charge in [-0.3, -0.25) is 4.79 Å². The third-order valence-electron chi connectivity index (χ3n) is 5.33. The smallest absolute Gasteiger partial charge is 0.305 e. The summed E-state index contributed by atoms with van der Waals surface area (Å²) in [6, 6.07) is 14.6. The molecule has 5 nitrogen and oxygen atoms in total. The van der Waals surface area contributed by atoms with E-state index in [9.17, 15) is 19.4 Å². The quantitative estimate of drug-likeness (QED) is 0.481. The van der Waals surface area contributed by atoms with Crippen molar-refractivity contribution in [3.05, 3.63) is 60.0 Å². The fourth-order valence-corrected chi connectivity index (χ4v) is 4.11. The highest BCUT2D eigenvalue weighted by Gasteiger charge is 2.22. The summed E-state index contributed by atoms with van der Waals surface area (Å²) < 4.78 is 15.7. The normalized spacial score (nSPS) is 13.7. The molecule has 3 rings (SSSR count). The van der Waals surface area contributed by atoms with Gasteiger partial charge in [-0.25, -0.2) is 4.39 Å². The summed E-state index contributed by atoms with van der Waals surface area (Å²) in [5.41, 5.74) is 4.02. The standard InChI is InChI=1S/C24H28FNO4/c1-15(2)26-21-6-4-3-5-20(21)24(16-7-9-17(25)10-8-16)22(26)12-11-18(27)13-19(28)14-23(29)30/h3-10,15,18-19,27-28H,11-14H2,1-2H3,(H,29,30)/t18-,19-/m0/s1. The van der Waals surface area contributed by atoms with Crippen LogP contribution >= 0.6 is 0 Å². The lowest BCUT2D eigenvalue weighted by molar-refractivity contribution is -0.139. The second kappa shape index (κ2) is 9.41. The van der Waals surface area contributed by atoms with Crippen LogP contribution in [0.1, 0.15) is 44.8 Å². The Labute approximate surface area is 175 Å². The van der Waals surface area contributed by atoms with E-state index >= 15 is 0 Å². The molecule has 0 amide bonds. The highest BCUT2D eigenvalue weighted by molar-refractivity contribution is 5.98. The van der Waals surface area contributed by atoms with Crippen LogP contribution in [0.25, 0.3) is 22.0 Å². The molecule has 0 bridgehead atoms. The number of nitrogens with zero attached hydrogens (tertiary/aromatic N) is 1. The van der Waals surface area contributed by atoms with Crippen LogP contribution in [0.2, 0.25) is 0 Å². The van der Waals surface area contributed by atoms with Crippen LogP contribution in [-0.2, 0) is 11.2 Å². The van der Waals surface area contributed by atoms with E-state index in [1.54, 1.807) is 12.1 Å². The summed E-state index contributed by atoms with van der Waals surface area (Å²) in [5, 5.41) is 30.1. The summed E-state index contributed by atoms with van der Waals surface area (Å²) in [6.45, 7) is 4.19. The number of aliphatic hydroxyl groups excluding tert-OH is 2. The van der Waals surface area contributed by atoms with Gasteiger partial charge in [0.2, 0.25) is 0 Å². The van der Waals surface area contributed by atoms with Crippen molar-refractivity contribution in [1.29, 1.82) is 0 Å². The van der Waals surface area contributed by atoms with Crippen LogP contribution in [0.4, 0.5) is 4.39 Å². The molecule has 1 aromatic heterocycles. The number of carboxylic acid groups (broad SMARTS) is 1. The maximum Gasteiger partial charge on any atom is 0.305 e. The molecule has 0 radical (unpaired) electrons. The largest absolute Gasteiger partial charge is 0.481 e. The molecule has 3 N–H and O–H groups in total. The molecule has 6 heteroatoms. The average Bonchev–Trinajstić information content (AvgIpc) is 3.00. The number of benzene rings is 2. The molecule has 0 saturated heterocycles. The lowest BCUT2D eigenvalue weighted by Gasteiger charge is -2.19. The van der Waals surface area contributed by atoms with Gasteiger partial charge in [-0.05, 0) is 56.9 Å². The minimum Gasteiger partial charge on any atom is -0.481 e. The second-order valence-corrected chi connectivity index (χ2v) is 7.99. The Morgan fingerprint density at radius 3 is 2.33 bits per heavy atom. The third kappa shape index (κ3) is 4.89. The molecule has 30 heavy (non-hydrogen) atoms. The predicted octanol–water partition coefficient (Wildman–Crippen LogP) is 4.55. The van der Waals surface area contributed by atoms with Crippen LogP contribution in [0, 0.1) is 5.82 Å². The van der Waals surface area contributed by atoms with E-state index in [2.05, 4.69) is 24.5 Å². The van der Waals surface area contributed by atoms with Crippen molar-refractivity contribution in [3.8, 4) is 11.1 Å². The van der Waals surface area contributed by atoms with E-state index in [-0.39, 0.29) is 24.7 Å². The first kappa shape index (κ1) is 22.0. The fraction of sp³-hybridized carbons (Fsp3) is 0.375. The first-order valence-corrected chi connectivity index (χ1v) is 10.2. The van der Waals surface area contributed by atoms with Crippen molar-refractivity contribution >= 4 is 16.9 Å². The topological polar surface area (TPSA) is 82.7 Å². The zero-order chi connectivity index (χ0) is 21.8. The highest BCUT2D eigenvalue weighted by Crippen LogP contribution is 2.38. The van der Waals surface area contributed by atoms with Gasteiger partial charge in [-0.15, -0.1) is 0 Å². The van der Waals surface area contributed by atoms with Crippen molar-refractivity contribution in [2.75, 3.05) is 0 Å². The first-order chi connectivity index (χ1) is 14.3. The highest BCUT2D eigenvalue weighted by atomic mass is 19.1. The van der Waals surface area contributed by atoms with Gasteiger partial charge in [0.05, 0.1) is 18.6 Å². The molecule has 3 aromatic rings. The summed E-state index contributed by atoms with van der Waals surface area (Å²) in [7, 11) is 0. The third-order valence-corrected chi connectivity index (χ3v) is 5.33. The van der Waals surface area contributed by atoms with Gasteiger partial charge in [0, 0.05) is 28.2 Å². The average molecular weight is 413 g/mol. The van der Waals surface area contributed by atoms with E-state index in [0.717, 1.165) is 27.7 Å². The lowest BCUT2D eigenvalue weighted by atomic mass is 9.97. The number of aliphatic carboxylic acids is 1. The number of rotatable bonds is 9. The number of carboxylic acids is 1. The molecular weight excluding hydrogens is 385 g/mol. The molecule has 0 unspecified atom stereocenters. The molecule has 2 aromatic carbocycles. The maximum absolute atomic E-state index is 13.5. The Kier molecular flexibility index (Phi) is 6.90. The summed E-state index contributed by atoms with van der Waals surface area (Å²) in [5.74, 6) is -1.39. The maximum atomic E-state index is 13.5. The molecular formula is C24H28FNO4. The Morgan fingerprint density at radius 1 is 1.03 bits per heavy atom. The number of halogens is 1. The monoisotopic (exact) mass is 413 g/mol. The van der Waals surface area contributed by atoms with Gasteiger partial charge in [0.1, 0.15) is 5.82 Å². The molecule has 0 saturated carbocycles. The van der Waals surface area contributed by atoms with E-state index in [0.29, 0.717) is 12.8 Å². The van der Waals surface area contributed by atoms with E-state index in [4.69, 9.17) is 5.11 Å². The minimum absolute atomic E-state index is 0.0140. The Hall–Kier alpha value is -2.70. The van der Waals surface area contributed by atoms with Gasteiger partial charge in [0.15, 0.2) is 0 Å². The van der Waals surface area contributed by atoms with Gasteiger partial charge < -0.3 is 19.9 Å². The number of aliphatic hydroxyl groups is 2. The van der Waals surface area contributed by atoms with Crippen molar-refractivity contribution < 1.29 is 24.5 Å². The van der Waals surface area contributed by atoms with Crippen LogP contribution in [0.15, 0.2) is 48.5 Å². The van der Waals surface area contributed by atoms with Crippen LogP contribution in [0.5, 0.6) is 0 Å². The predicted molar refractivity (Wildman–Crippen MR) is 115 cm³/mol.